The molecule has 0 fully saturated rings. The van der Waals surface area contributed by atoms with Gasteiger partial charge in [0.15, 0.2) is 0 Å². The quantitative estimate of drug-likeness (QED) is 0.419. The summed E-state index contributed by atoms with van der Waals surface area (Å²) in [6, 6.07) is 0. The Morgan fingerprint density at radius 1 is 0.833 bits per heavy atom. The van der Waals surface area contributed by atoms with Gasteiger partial charge >= 0.3 is 49.6 Å². The molecule has 0 aliphatic carbocycles. The number of hydrogen-bond acceptors (Lipinski definition) is 0. The van der Waals surface area contributed by atoms with Gasteiger partial charge in [0, 0.05) is 22.4 Å². The van der Waals surface area contributed by atoms with Crippen LogP contribution in [0.5, 0.6) is 0 Å². The van der Waals surface area contributed by atoms with Crippen molar-refractivity contribution in [3.8, 4) is 0 Å². The normalized spacial score (nSPS) is 12.7. The van der Waals surface area contributed by atoms with Gasteiger partial charge in [0.1, 0.15) is 0 Å². The minimum absolute atomic E-state index is 0. The molecule has 0 aromatic carbocycles. The summed E-state index contributed by atoms with van der Waals surface area (Å²) in [5.74, 6) is 0. The van der Waals surface area contributed by atoms with E-state index in [1.165, 1.54) is 0 Å². The fourth-order valence-corrected chi connectivity index (χ4v) is 0. The van der Waals surface area contributed by atoms with Crippen LogP contribution in [-0.4, -0.2) is 0 Å². The molecular formula is Au2Cl4. The Kier molecular flexibility index (Phi) is 8.60. The molecule has 0 aliphatic heterocycles. The Morgan fingerprint density at radius 3 is 0.833 bits per heavy atom. The zero-order chi connectivity index (χ0) is 4.50. The van der Waals surface area contributed by atoms with Crippen molar-refractivity contribution in [2.24, 2.45) is 0 Å². The van der Waals surface area contributed by atoms with E-state index in [4.69, 9.17) is 36.8 Å². The molecule has 6 heteroatoms. The molecule has 0 aromatic rings. The van der Waals surface area contributed by atoms with Crippen LogP contribution in [0.4, 0.5) is 0 Å². The van der Waals surface area contributed by atoms with Crippen LogP contribution in [-0.2, 0) is 35.2 Å². The third kappa shape index (κ3) is 30.3. The van der Waals surface area contributed by atoms with Gasteiger partial charge in [-0.2, -0.15) is 0 Å². The van der Waals surface area contributed by atoms with Gasteiger partial charge in [-0.1, -0.05) is 0 Å². The van der Waals surface area contributed by atoms with Gasteiger partial charge in [0.2, 0.25) is 0 Å². The standard InChI is InChI=1S/2Au.4ClH/h;;4*1H/q;+4;;;;/p-4. The number of halogens is 4. The number of rotatable bonds is 0. The predicted molar refractivity (Wildman–Crippen MR) is 23.4 cm³/mol. The van der Waals surface area contributed by atoms with Gasteiger partial charge in [-0.25, -0.2) is 0 Å². The molecule has 0 rings (SSSR count). The molecule has 0 saturated carbocycles. The molecule has 1 radical (unpaired) electrons. The van der Waals surface area contributed by atoms with E-state index in [-0.39, 0.29) is 22.4 Å². The minimum atomic E-state index is -3.00. The Bertz CT molecular complexity index is 21.0. The van der Waals surface area contributed by atoms with Crippen LogP contribution >= 0.6 is 36.8 Å². The van der Waals surface area contributed by atoms with Crippen LogP contribution in [0.2, 0.25) is 0 Å². The maximum atomic E-state index is 5.00. The van der Waals surface area contributed by atoms with E-state index in [0.29, 0.717) is 0 Å². The Balaban J connectivity index is 0. The average molecular weight is 536 g/mol. The molecule has 0 amide bonds. The second-order valence-electron chi connectivity index (χ2n) is 0.258. The van der Waals surface area contributed by atoms with Crippen LogP contribution in [0.25, 0.3) is 0 Å². The summed E-state index contributed by atoms with van der Waals surface area (Å²) in [6.45, 7) is 0. The molecule has 0 aliphatic rings. The fraction of sp³-hybridized carbons (Fsp3) is 0. The molecule has 0 atom stereocenters. The fourth-order valence-electron chi connectivity index (χ4n) is 0. The third-order valence-electron chi connectivity index (χ3n) is 0. The van der Waals surface area contributed by atoms with Crippen molar-refractivity contribution in [2.45, 2.75) is 0 Å². The molecule has 0 heterocycles. The average Bonchev–Trinajstić information content (AvgIpc) is 0.722. The molecule has 0 unspecified atom stereocenters. The van der Waals surface area contributed by atoms with Gasteiger partial charge < -0.3 is 0 Å². The van der Waals surface area contributed by atoms with Crippen molar-refractivity contribution >= 4 is 36.8 Å². The van der Waals surface area contributed by atoms with Gasteiger partial charge in [0.25, 0.3) is 0 Å². The summed E-state index contributed by atoms with van der Waals surface area (Å²) in [5.41, 5.74) is 0. The van der Waals surface area contributed by atoms with Crippen molar-refractivity contribution < 1.29 is 35.2 Å². The van der Waals surface area contributed by atoms with Crippen molar-refractivity contribution in [3.05, 3.63) is 0 Å². The van der Waals surface area contributed by atoms with Crippen molar-refractivity contribution in [2.75, 3.05) is 0 Å². The van der Waals surface area contributed by atoms with Crippen molar-refractivity contribution in [1.29, 1.82) is 0 Å². The summed E-state index contributed by atoms with van der Waals surface area (Å²) in [7, 11) is 20.0. The predicted octanol–water partition coefficient (Wildman–Crippen LogP) is 2.75. The molecule has 0 aromatic heterocycles. The van der Waals surface area contributed by atoms with E-state index >= 15 is 0 Å². The van der Waals surface area contributed by atoms with Crippen LogP contribution in [0.3, 0.4) is 0 Å². The summed E-state index contributed by atoms with van der Waals surface area (Å²) >= 11 is -3.00. The second-order valence-corrected chi connectivity index (χ2v) is 19.0. The first-order valence-electron chi connectivity index (χ1n) is 0.456. The molecular weight excluding hydrogens is 536 g/mol. The Morgan fingerprint density at radius 2 is 0.833 bits per heavy atom. The van der Waals surface area contributed by atoms with E-state index < -0.39 is 12.8 Å². The van der Waals surface area contributed by atoms with E-state index in [1.54, 1.807) is 0 Å². The third-order valence-corrected chi connectivity index (χ3v) is 0. The summed E-state index contributed by atoms with van der Waals surface area (Å²) in [4.78, 5) is 0. The Labute approximate surface area is 70.8 Å². The molecule has 0 nitrogen and oxygen atoms in total. The van der Waals surface area contributed by atoms with Crippen LogP contribution in [0, 0.1) is 0 Å². The van der Waals surface area contributed by atoms with Crippen LogP contribution < -0.4 is 0 Å². The topological polar surface area (TPSA) is 0 Å². The van der Waals surface area contributed by atoms with Crippen LogP contribution in [0.15, 0.2) is 0 Å². The molecule has 50 valence electrons. The molecule has 6 heavy (non-hydrogen) atoms. The van der Waals surface area contributed by atoms with Crippen molar-refractivity contribution in [3.63, 3.8) is 0 Å². The first-order chi connectivity index (χ1) is 2.00. The first-order valence-corrected chi connectivity index (χ1v) is 11.2. The molecule has 0 saturated heterocycles. The Hall–Kier alpha value is 2.64. The van der Waals surface area contributed by atoms with Gasteiger partial charge in [-0.05, 0) is 0 Å². The summed E-state index contributed by atoms with van der Waals surface area (Å²) in [6.07, 6.45) is 0. The van der Waals surface area contributed by atoms with E-state index in [0.717, 1.165) is 0 Å². The van der Waals surface area contributed by atoms with Gasteiger partial charge in [0.05, 0.1) is 0 Å². The van der Waals surface area contributed by atoms with Gasteiger partial charge in [-0.15, -0.1) is 0 Å². The zero-order valence-corrected chi connectivity index (χ0v) is 9.47. The first kappa shape index (κ1) is 11.4. The van der Waals surface area contributed by atoms with Crippen LogP contribution in [0.1, 0.15) is 0 Å². The van der Waals surface area contributed by atoms with Gasteiger partial charge in [-0.3, -0.25) is 0 Å². The second kappa shape index (κ2) is 4.51. The van der Waals surface area contributed by atoms with Crippen molar-refractivity contribution in [1.82, 2.24) is 0 Å². The van der Waals surface area contributed by atoms with E-state index in [1.807, 2.05) is 0 Å². The SMILES string of the molecule is [Au].[Cl][Au]([Cl])([Cl])[Cl]. The summed E-state index contributed by atoms with van der Waals surface area (Å²) < 4.78 is 0. The monoisotopic (exact) mass is 534 g/mol. The molecule has 0 spiro atoms. The zero-order valence-electron chi connectivity index (χ0n) is 2.11. The van der Waals surface area contributed by atoms with E-state index in [9.17, 15) is 0 Å². The molecule has 0 bridgehead atoms. The maximum absolute atomic E-state index is 5.00. The summed E-state index contributed by atoms with van der Waals surface area (Å²) in [5, 5.41) is 0. The van der Waals surface area contributed by atoms with E-state index in [2.05, 4.69) is 0 Å². The molecule has 0 N–H and O–H groups in total. The number of hydrogen-bond donors (Lipinski definition) is 0.